The molecule has 2 N–H and O–H groups in total. The lowest BCUT2D eigenvalue weighted by atomic mass is 10.2. The second kappa shape index (κ2) is 5.70. The fourth-order valence-corrected chi connectivity index (χ4v) is 4.13. The number of fused-ring (bicyclic) bond motifs is 2. The fourth-order valence-electron chi connectivity index (χ4n) is 2.31. The molecule has 0 bridgehead atoms. The van der Waals surface area contributed by atoms with E-state index in [0.29, 0.717) is 0 Å². The molecule has 0 aliphatic heterocycles. The number of benzene rings is 2. The summed E-state index contributed by atoms with van der Waals surface area (Å²) in [5.74, 6) is 0. The monoisotopic (exact) mass is 326 g/mol. The van der Waals surface area contributed by atoms with Crippen LogP contribution in [-0.2, 0) is 0 Å². The Hall–Kier alpha value is -1.92. The van der Waals surface area contributed by atoms with Crippen molar-refractivity contribution in [3.63, 3.8) is 0 Å². The quantitative estimate of drug-likeness (QED) is 0.425. The van der Waals surface area contributed by atoms with Crippen LogP contribution in [0.15, 0.2) is 52.8 Å². The molecule has 0 saturated heterocycles. The van der Waals surface area contributed by atoms with Gasteiger partial charge < -0.3 is 9.97 Å². The predicted molar refractivity (Wildman–Crippen MR) is 93.5 cm³/mol. The topological polar surface area (TPSA) is 57.4 Å². The summed E-state index contributed by atoms with van der Waals surface area (Å²) in [5.41, 5.74) is 5.44. The first-order chi connectivity index (χ1) is 10.8. The molecule has 4 rings (SSSR count). The standard InChI is InChI=1S/C16H14N4S2/c1-10-6-7-13-14(8-10)20-16(19-13)22-9-21-15-17-11-4-2-3-5-12(11)18-15/h2-8H,9H2,1H3,(H,17,18)(H,19,20). The Morgan fingerprint density at radius 2 is 1.55 bits per heavy atom. The van der Waals surface area contributed by atoms with E-state index in [4.69, 9.17) is 0 Å². The van der Waals surface area contributed by atoms with E-state index < -0.39 is 0 Å². The van der Waals surface area contributed by atoms with Crippen molar-refractivity contribution in [1.29, 1.82) is 0 Å². The molecule has 4 nitrogen and oxygen atoms in total. The number of aromatic nitrogens is 4. The number of nitrogens with zero attached hydrogens (tertiary/aromatic N) is 2. The van der Waals surface area contributed by atoms with E-state index >= 15 is 0 Å². The van der Waals surface area contributed by atoms with Crippen molar-refractivity contribution in [1.82, 2.24) is 19.9 Å². The van der Waals surface area contributed by atoms with Crippen LogP contribution in [-0.4, -0.2) is 25.0 Å². The van der Waals surface area contributed by atoms with Crippen LogP contribution >= 0.6 is 23.5 Å². The number of rotatable bonds is 4. The van der Waals surface area contributed by atoms with E-state index in [9.17, 15) is 0 Å². The lowest BCUT2D eigenvalue weighted by Gasteiger charge is -1.94. The van der Waals surface area contributed by atoms with Gasteiger partial charge in [-0.05, 0) is 36.8 Å². The highest BCUT2D eigenvalue weighted by molar-refractivity contribution is 8.15. The lowest BCUT2D eigenvalue weighted by molar-refractivity contribution is 1.08. The van der Waals surface area contributed by atoms with Gasteiger partial charge in [-0.1, -0.05) is 41.7 Å². The molecule has 110 valence electrons. The van der Waals surface area contributed by atoms with Gasteiger partial charge in [0.15, 0.2) is 10.3 Å². The highest BCUT2D eigenvalue weighted by Gasteiger charge is 2.06. The van der Waals surface area contributed by atoms with Crippen molar-refractivity contribution in [2.24, 2.45) is 0 Å². The average molecular weight is 326 g/mol. The molecule has 0 atom stereocenters. The van der Waals surface area contributed by atoms with Crippen LogP contribution in [0.1, 0.15) is 5.56 Å². The summed E-state index contributed by atoms with van der Waals surface area (Å²) in [4.78, 5) is 15.8. The highest BCUT2D eigenvalue weighted by Crippen LogP contribution is 2.27. The summed E-state index contributed by atoms with van der Waals surface area (Å²) in [6.07, 6.45) is 0. The minimum atomic E-state index is 0.860. The van der Waals surface area contributed by atoms with E-state index in [1.807, 2.05) is 24.3 Å². The molecule has 2 aromatic carbocycles. The Morgan fingerprint density at radius 3 is 2.32 bits per heavy atom. The van der Waals surface area contributed by atoms with Crippen molar-refractivity contribution in [3.05, 3.63) is 48.0 Å². The second-order valence-corrected chi connectivity index (χ2v) is 7.32. The second-order valence-electron chi connectivity index (χ2n) is 5.03. The Morgan fingerprint density at radius 1 is 0.864 bits per heavy atom. The van der Waals surface area contributed by atoms with Crippen molar-refractivity contribution >= 4 is 45.6 Å². The van der Waals surface area contributed by atoms with Gasteiger partial charge in [0.1, 0.15) is 0 Å². The van der Waals surface area contributed by atoms with Gasteiger partial charge in [0, 0.05) is 0 Å². The van der Waals surface area contributed by atoms with Gasteiger partial charge in [0.05, 0.1) is 27.2 Å². The average Bonchev–Trinajstić information content (AvgIpc) is 3.09. The Kier molecular flexibility index (Phi) is 3.56. The maximum absolute atomic E-state index is 4.59. The molecule has 0 saturated carbocycles. The van der Waals surface area contributed by atoms with E-state index in [0.717, 1.165) is 37.5 Å². The van der Waals surface area contributed by atoms with Gasteiger partial charge in [-0.25, -0.2) is 9.97 Å². The number of hydrogen-bond donors (Lipinski definition) is 2. The molecule has 0 spiro atoms. The van der Waals surface area contributed by atoms with Crippen molar-refractivity contribution in [2.45, 2.75) is 17.2 Å². The molecule has 2 aromatic heterocycles. The van der Waals surface area contributed by atoms with Crippen LogP contribution in [0, 0.1) is 6.92 Å². The molecule has 0 radical (unpaired) electrons. The molecule has 22 heavy (non-hydrogen) atoms. The zero-order valence-electron chi connectivity index (χ0n) is 12.0. The molecule has 0 fully saturated rings. The number of imidazole rings is 2. The van der Waals surface area contributed by atoms with Crippen LogP contribution in [0.25, 0.3) is 22.1 Å². The van der Waals surface area contributed by atoms with Crippen LogP contribution < -0.4 is 0 Å². The highest BCUT2D eigenvalue weighted by atomic mass is 32.2. The van der Waals surface area contributed by atoms with Gasteiger partial charge >= 0.3 is 0 Å². The first-order valence-electron chi connectivity index (χ1n) is 6.95. The van der Waals surface area contributed by atoms with Crippen molar-refractivity contribution < 1.29 is 0 Å². The normalized spacial score (nSPS) is 11.5. The molecule has 0 aliphatic carbocycles. The molecule has 0 aliphatic rings. The number of aromatic amines is 2. The summed E-state index contributed by atoms with van der Waals surface area (Å²) < 4.78 is 0. The molecule has 6 heteroatoms. The molecular weight excluding hydrogens is 312 g/mol. The summed E-state index contributed by atoms with van der Waals surface area (Å²) in [7, 11) is 0. The SMILES string of the molecule is Cc1ccc2nc(SCSc3nc4ccccc4[nH]3)[nH]c2c1. The number of nitrogens with one attached hydrogen (secondary N) is 2. The smallest absolute Gasteiger partial charge is 0.167 e. The Balaban J connectivity index is 1.45. The van der Waals surface area contributed by atoms with Crippen molar-refractivity contribution in [3.8, 4) is 0 Å². The third kappa shape index (κ3) is 2.71. The summed E-state index contributed by atoms with van der Waals surface area (Å²) in [6, 6.07) is 14.3. The fraction of sp³-hybridized carbons (Fsp3) is 0.125. The third-order valence-electron chi connectivity index (χ3n) is 3.37. The van der Waals surface area contributed by atoms with Gasteiger partial charge in [-0.15, -0.1) is 0 Å². The minimum absolute atomic E-state index is 0.860. The van der Waals surface area contributed by atoms with Crippen LogP contribution in [0.3, 0.4) is 0 Å². The maximum atomic E-state index is 4.59. The number of hydrogen-bond acceptors (Lipinski definition) is 4. The van der Waals surface area contributed by atoms with Gasteiger partial charge in [-0.3, -0.25) is 0 Å². The van der Waals surface area contributed by atoms with Crippen LogP contribution in [0.5, 0.6) is 0 Å². The third-order valence-corrected chi connectivity index (χ3v) is 5.25. The number of thioether (sulfide) groups is 2. The summed E-state index contributed by atoms with van der Waals surface area (Å²) in [6.45, 7) is 2.09. The zero-order valence-corrected chi connectivity index (χ0v) is 13.6. The molecule has 0 unspecified atom stereocenters. The largest absolute Gasteiger partial charge is 0.333 e. The first kappa shape index (κ1) is 13.7. The molecule has 4 aromatic rings. The Bertz CT molecular complexity index is 909. The van der Waals surface area contributed by atoms with Gasteiger partial charge in [0.2, 0.25) is 0 Å². The van der Waals surface area contributed by atoms with Gasteiger partial charge in [0.25, 0.3) is 0 Å². The number of H-pyrrole nitrogens is 2. The number of para-hydroxylation sites is 2. The molecular formula is C16H14N4S2. The van der Waals surface area contributed by atoms with E-state index in [-0.39, 0.29) is 0 Å². The first-order valence-corrected chi connectivity index (χ1v) is 8.92. The van der Waals surface area contributed by atoms with Crippen molar-refractivity contribution in [2.75, 3.05) is 5.08 Å². The van der Waals surface area contributed by atoms with E-state index in [2.05, 4.69) is 45.1 Å². The van der Waals surface area contributed by atoms with Crippen LogP contribution in [0.4, 0.5) is 0 Å². The lowest BCUT2D eigenvalue weighted by Crippen LogP contribution is -1.78. The van der Waals surface area contributed by atoms with E-state index in [1.54, 1.807) is 23.5 Å². The molecule has 0 amide bonds. The minimum Gasteiger partial charge on any atom is -0.333 e. The van der Waals surface area contributed by atoms with E-state index in [1.165, 1.54) is 5.56 Å². The number of aryl methyl sites for hydroxylation is 1. The van der Waals surface area contributed by atoms with Gasteiger partial charge in [-0.2, -0.15) is 0 Å². The predicted octanol–water partition coefficient (Wildman–Crippen LogP) is 4.59. The Labute approximate surface area is 136 Å². The van der Waals surface area contributed by atoms with Crippen LogP contribution in [0.2, 0.25) is 0 Å². The summed E-state index contributed by atoms with van der Waals surface area (Å²) in [5, 5.41) is 2.75. The zero-order chi connectivity index (χ0) is 14.9. The summed E-state index contributed by atoms with van der Waals surface area (Å²) >= 11 is 3.38. The maximum Gasteiger partial charge on any atom is 0.167 e. The molecule has 2 heterocycles.